The van der Waals surface area contributed by atoms with Gasteiger partial charge in [-0.1, -0.05) is 13.8 Å². The second-order valence-electron chi connectivity index (χ2n) is 3.12. The minimum atomic E-state index is -4.29. The van der Waals surface area contributed by atoms with Gasteiger partial charge in [-0.25, -0.2) is 0 Å². The summed E-state index contributed by atoms with van der Waals surface area (Å²) in [4.78, 5) is 11.1. The molecular formula is C8H14F3NO. The van der Waals surface area contributed by atoms with Crippen molar-refractivity contribution in [2.75, 3.05) is 13.6 Å². The topological polar surface area (TPSA) is 29.1 Å². The molecule has 0 saturated carbocycles. The number of nitrogens with one attached hydrogen (secondary N) is 1. The second-order valence-corrected chi connectivity index (χ2v) is 3.12. The average Bonchev–Trinajstić information content (AvgIpc) is 2.00. The number of carbonyl (C=O) groups excluding carboxylic acids is 1. The Bertz CT molecular complexity index is 179. The van der Waals surface area contributed by atoms with Crippen molar-refractivity contribution in [2.24, 2.45) is 11.8 Å². The molecule has 0 aliphatic rings. The predicted octanol–water partition coefficient (Wildman–Crippen LogP) is 1.61. The lowest BCUT2D eigenvalue weighted by atomic mass is 9.91. The van der Waals surface area contributed by atoms with Crippen molar-refractivity contribution in [3.63, 3.8) is 0 Å². The molecule has 2 atom stereocenters. The summed E-state index contributed by atoms with van der Waals surface area (Å²) in [6.45, 7) is 2.32. The molecule has 0 aromatic heterocycles. The molecule has 13 heavy (non-hydrogen) atoms. The Balaban J connectivity index is 4.25. The highest BCUT2D eigenvalue weighted by molar-refractivity contribution is 5.82. The summed E-state index contributed by atoms with van der Waals surface area (Å²) < 4.78 is 36.4. The first-order valence-electron chi connectivity index (χ1n) is 4.04. The molecule has 0 saturated heterocycles. The van der Waals surface area contributed by atoms with Crippen molar-refractivity contribution in [3.8, 4) is 0 Å². The summed E-state index contributed by atoms with van der Waals surface area (Å²) in [5, 5.41) is 2.54. The van der Waals surface area contributed by atoms with Crippen LogP contribution < -0.4 is 5.32 Å². The van der Waals surface area contributed by atoms with Crippen molar-refractivity contribution in [1.29, 1.82) is 0 Å². The number of ketones is 1. The molecule has 0 heterocycles. The lowest BCUT2D eigenvalue weighted by molar-refractivity contribution is -0.184. The largest absolute Gasteiger partial charge is 0.392 e. The Morgan fingerprint density at radius 2 is 1.85 bits per heavy atom. The van der Waals surface area contributed by atoms with Gasteiger partial charge in [-0.2, -0.15) is 13.2 Å². The summed E-state index contributed by atoms with van der Waals surface area (Å²) in [5.74, 6) is -2.96. The Morgan fingerprint density at radius 3 is 2.15 bits per heavy atom. The molecular weight excluding hydrogens is 183 g/mol. The lowest BCUT2D eigenvalue weighted by Crippen LogP contribution is -2.34. The van der Waals surface area contributed by atoms with Gasteiger partial charge in [-0.3, -0.25) is 4.79 Å². The summed E-state index contributed by atoms with van der Waals surface area (Å²) in [6, 6.07) is 0. The van der Waals surface area contributed by atoms with Crippen LogP contribution in [0.2, 0.25) is 0 Å². The fourth-order valence-electron chi connectivity index (χ4n) is 0.898. The average molecular weight is 197 g/mol. The molecule has 0 aliphatic heterocycles. The molecule has 0 fully saturated rings. The minimum Gasteiger partial charge on any atom is -0.313 e. The van der Waals surface area contributed by atoms with E-state index in [1.165, 1.54) is 14.0 Å². The van der Waals surface area contributed by atoms with Crippen LogP contribution >= 0.6 is 0 Å². The molecule has 5 heteroatoms. The van der Waals surface area contributed by atoms with E-state index < -0.39 is 23.8 Å². The zero-order chi connectivity index (χ0) is 10.6. The smallest absolute Gasteiger partial charge is 0.313 e. The monoisotopic (exact) mass is 197 g/mol. The van der Waals surface area contributed by atoms with E-state index in [-0.39, 0.29) is 6.54 Å². The molecule has 2 nitrogen and oxygen atoms in total. The number of alkyl halides is 3. The Labute approximate surface area is 75.5 Å². The number of likely N-dealkylation sites (N-methyl/N-ethyl adjacent to an activating group) is 1. The maximum Gasteiger partial charge on any atom is 0.392 e. The summed E-state index contributed by atoms with van der Waals surface area (Å²) >= 11 is 0. The number of hydrogen-bond donors (Lipinski definition) is 1. The molecule has 0 radical (unpaired) electrons. The van der Waals surface area contributed by atoms with Crippen molar-refractivity contribution < 1.29 is 18.0 Å². The van der Waals surface area contributed by atoms with E-state index in [0.29, 0.717) is 0 Å². The molecule has 78 valence electrons. The van der Waals surface area contributed by atoms with Crippen molar-refractivity contribution >= 4 is 5.78 Å². The van der Waals surface area contributed by atoms with E-state index in [0.717, 1.165) is 6.92 Å². The van der Waals surface area contributed by atoms with Crippen molar-refractivity contribution in [3.05, 3.63) is 0 Å². The fourth-order valence-corrected chi connectivity index (χ4v) is 0.898. The Hall–Kier alpha value is -0.580. The SMILES string of the molecule is CNCC(=O)C(C)C(C)C(F)(F)F. The summed E-state index contributed by atoms with van der Waals surface area (Å²) in [5.41, 5.74) is 0. The fraction of sp³-hybridized carbons (Fsp3) is 0.875. The van der Waals surface area contributed by atoms with Crippen LogP contribution in [0.3, 0.4) is 0 Å². The highest BCUT2D eigenvalue weighted by Gasteiger charge is 2.41. The number of halogens is 3. The summed E-state index contributed by atoms with van der Waals surface area (Å²) in [7, 11) is 1.53. The first-order chi connectivity index (χ1) is 5.80. The van der Waals surface area contributed by atoms with Crippen molar-refractivity contribution in [2.45, 2.75) is 20.0 Å². The van der Waals surface area contributed by atoms with Gasteiger partial charge in [0.1, 0.15) is 5.78 Å². The van der Waals surface area contributed by atoms with Gasteiger partial charge in [-0.15, -0.1) is 0 Å². The quantitative estimate of drug-likeness (QED) is 0.741. The number of rotatable bonds is 4. The molecule has 0 spiro atoms. The molecule has 0 amide bonds. The third-order valence-corrected chi connectivity index (χ3v) is 2.13. The van der Waals surface area contributed by atoms with Crippen LogP contribution in [-0.4, -0.2) is 25.6 Å². The highest BCUT2D eigenvalue weighted by atomic mass is 19.4. The molecule has 0 aromatic carbocycles. The van der Waals surface area contributed by atoms with Gasteiger partial charge >= 0.3 is 6.18 Å². The lowest BCUT2D eigenvalue weighted by Gasteiger charge is -2.21. The molecule has 1 N–H and O–H groups in total. The summed E-state index contributed by atoms with van der Waals surface area (Å²) in [6.07, 6.45) is -4.29. The van der Waals surface area contributed by atoms with E-state index in [1.54, 1.807) is 0 Å². The van der Waals surface area contributed by atoms with Crippen LogP contribution in [0.25, 0.3) is 0 Å². The van der Waals surface area contributed by atoms with Gasteiger partial charge in [-0.05, 0) is 7.05 Å². The van der Waals surface area contributed by atoms with Crippen LogP contribution in [0.5, 0.6) is 0 Å². The number of hydrogen-bond acceptors (Lipinski definition) is 2. The maximum atomic E-state index is 12.1. The van der Waals surface area contributed by atoms with Gasteiger partial charge < -0.3 is 5.32 Å². The molecule has 0 aliphatic carbocycles. The van der Waals surface area contributed by atoms with Gasteiger partial charge in [0.2, 0.25) is 0 Å². The second kappa shape index (κ2) is 4.60. The normalized spacial score (nSPS) is 16.8. The van der Waals surface area contributed by atoms with Gasteiger partial charge in [0.05, 0.1) is 12.5 Å². The maximum absolute atomic E-state index is 12.1. The molecule has 2 unspecified atom stereocenters. The zero-order valence-corrected chi connectivity index (χ0v) is 7.90. The van der Waals surface area contributed by atoms with Gasteiger partial charge in [0, 0.05) is 5.92 Å². The van der Waals surface area contributed by atoms with Crippen LogP contribution in [-0.2, 0) is 4.79 Å². The van der Waals surface area contributed by atoms with E-state index in [2.05, 4.69) is 5.32 Å². The minimum absolute atomic E-state index is 0.0123. The number of carbonyl (C=O) groups is 1. The third-order valence-electron chi connectivity index (χ3n) is 2.13. The van der Waals surface area contributed by atoms with Crippen molar-refractivity contribution in [1.82, 2.24) is 5.32 Å². The standard InChI is InChI=1S/C8H14F3NO/c1-5(7(13)4-12-3)6(2)8(9,10)11/h5-6,12H,4H2,1-3H3. The van der Waals surface area contributed by atoms with E-state index in [4.69, 9.17) is 0 Å². The zero-order valence-electron chi connectivity index (χ0n) is 7.90. The molecule has 0 aromatic rings. The third kappa shape index (κ3) is 3.76. The van der Waals surface area contributed by atoms with Crippen LogP contribution in [0.1, 0.15) is 13.8 Å². The van der Waals surface area contributed by atoms with Crippen LogP contribution in [0.15, 0.2) is 0 Å². The van der Waals surface area contributed by atoms with Crippen LogP contribution in [0, 0.1) is 11.8 Å². The van der Waals surface area contributed by atoms with E-state index >= 15 is 0 Å². The Kier molecular flexibility index (Phi) is 4.39. The van der Waals surface area contributed by atoms with E-state index in [1.807, 2.05) is 0 Å². The van der Waals surface area contributed by atoms with Gasteiger partial charge in [0.25, 0.3) is 0 Å². The molecule has 0 rings (SSSR count). The first kappa shape index (κ1) is 12.4. The number of Topliss-reactive ketones (excluding diaryl/α,β-unsaturated/α-hetero) is 1. The Morgan fingerprint density at radius 1 is 1.38 bits per heavy atom. The van der Waals surface area contributed by atoms with E-state index in [9.17, 15) is 18.0 Å². The van der Waals surface area contributed by atoms with Crippen LogP contribution in [0.4, 0.5) is 13.2 Å². The first-order valence-corrected chi connectivity index (χ1v) is 4.04. The highest BCUT2D eigenvalue weighted by Crippen LogP contribution is 2.31. The van der Waals surface area contributed by atoms with Gasteiger partial charge in [0.15, 0.2) is 0 Å². The predicted molar refractivity (Wildman–Crippen MR) is 43.3 cm³/mol. The molecule has 0 bridgehead atoms.